The third-order valence-electron chi connectivity index (χ3n) is 6.27. The predicted octanol–water partition coefficient (Wildman–Crippen LogP) is 3.05. The van der Waals surface area contributed by atoms with E-state index in [1.54, 1.807) is 32.9 Å². The SMILES string of the molecule is CC(C)[C@@H]1NC(=O)[C@]2(C)CSC(=N2)c2csc(n2)CNC(=O)C[C@@H](/C=C/CCSC(=O)CCCCO[N+](=O)[O-])OC1=O. The minimum atomic E-state index is -1.07. The molecule has 1 aromatic heterocycles. The average molecular weight is 642 g/mol. The van der Waals surface area contributed by atoms with E-state index in [-0.39, 0.29) is 48.8 Å². The molecule has 3 heterocycles. The quantitative estimate of drug-likeness (QED) is 0.119. The molecule has 230 valence electrons. The number of aromatic nitrogens is 1. The van der Waals surface area contributed by atoms with Crippen molar-refractivity contribution in [3.05, 3.63) is 38.3 Å². The van der Waals surface area contributed by atoms with Crippen molar-refractivity contribution in [2.75, 3.05) is 18.1 Å². The Labute approximate surface area is 256 Å². The maximum atomic E-state index is 13.3. The Balaban J connectivity index is 1.64. The Morgan fingerprint density at radius 3 is 2.88 bits per heavy atom. The molecule has 0 spiro atoms. The zero-order chi connectivity index (χ0) is 30.7. The average Bonchev–Trinajstić information content (AvgIpc) is 3.56. The zero-order valence-electron chi connectivity index (χ0n) is 23.7. The van der Waals surface area contributed by atoms with Crippen LogP contribution in [0.4, 0.5) is 0 Å². The van der Waals surface area contributed by atoms with Crippen molar-refractivity contribution >= 4 is 62.8 Å². The van der Waals surface area contributed by atoms with Gasteiger partial charge in [-0.05, 0) is 38.2 Å². The van der Waals surface area contributed by atoms with Gasteiger partial charge in [0.2, 0.25) is 11.8 Å². The van der Waals surface area contributed by atoms with Gasteiger partial charge in [-0.25, -0.2) is 9.78 Å². The summed E-state index contributed by atoms with van der Waals surface area (Å²) in [7, 11) is 0. The fraction of sp³-hybridized carbons (Fsp3) is 0.615. The Kier molecular flexibility index (Phi) is 12.8. The van der Waals surface area contributed by atoms with Crippen LogP contribution in [-0.2, 0) is 35.3 Å². The molecule has 0 saturated carbocycles. The van der Waals surface area contributed by atoms with Gasteiger partial charge in [-0.3, -0.25) is 19.4 Å². The van der Waals surface area contributed by atoms with E-state index >= 15 is 0 Å². The summed E-state index contributed by atoms with van der Waals surface area (Å²) in [5.74, 6) is -0.782. The Morgan fingerprint density at radius 1 is 1.36 bits per heavy atom. The molecule has 0 unspecified atom stereocenters. The third-order valence-corrected chi connectivity index (χ3v) is 9.36. The number of fused-ring (bicyclic) bond motifs is 4. The first-order valence-electron chi connectivity index (χ1n) is 13.5. The summed E-state index contributed by atoms with van der Waals surface area (Å²) < 4.78 is 5.72. The number of thioether (sulfide) groups is 2. The molecule has 0 aliphatic carbocycles. The number of allylic oxidation sites excluding steroid dienone is 1. The number of hydrogen-bond acceptors (Lipinski definition) is 13. The van der Waals surface area contributed by atoms with Crippen molar-refractivity contribution in [3.63, 3.8) is 0 Å². The van der Waals surface area contributed by atoms with E-state index in [2.05, 4.69) is 25.4 Å². The maximum Gasteiger partial charge on any atom is 0.329 e. The molecular weight excluding hydrogens is 607 g/mol. The highest BCUT2D eigenvalue weighted by molar-refractivity contribution is 8.14. The highest BCUT2D eigenvalue weighted by Gasteiger charge is 2.41. The molecular formula is C26H35N5O8S3. The number of carbonyl (C=O) groups excluding carboxylic acids is 4. The second-order valence-electron chi connectivity index (χ2n) is 10.2. The molecule has 42 heavy (non-hydrogen) atoms. The summed E-state index contributed by atoms with van der Waals surface area (Å²) in [6.45, 7) is 5.47. The second-order valence-corrected chi connectivity index (χ2v) is 13.3. The Hall–Kier alpha value is -2.98. The fourth-order valence-electron chi connectivity index (χ4n) is 3.90. The van der Waals surface area contributed by atoms with Gasteiger partial charge in [-0.2, -0.15) is 0 Å². The molecule has 0 fully saturated rings. The number of thiazole rings is 1. The number of aliphatic imine (C=N–C) groups is 1. The van der Waals surface area contributed by atoms with Crippen LogP contribution in [0.25, 0.3) is 0 Å². The van der Waals surface area contributed by atoms with Crippen molar-refractivity contribution in [2.45, 2.75) is 77.1 Å². The number of cyclic esters (lactones) is 1. The van der Waals surface area contributed by atoms with Crippen molar-refractivity contribution in [2.24, 2.45) is 10.9 Å². The van der Waals surface area contributed by atoms with Crippen LogP contribution >= 0.6 is 34.9 Å². The van der Waals surface area contributed by atoms with Crippen LogP contribution in [0.5, 0.6) is 0 Å². The number of unbranched alkanes of at least 4 members (excludes halogenated alkanes) is 1. The molecule has 0 aromatic carbocycles. The summed E-state index contributed by atoms with van der Waals surface area (Å²) in [6.07, 6.45) is 4.02. The fourth-order valence-corrected chi connectivity index (χ4v) is 6.60. The van der Waals surface area contributed by atoms with E-state index < -0.39 is 28.7 Å². The van der Waals surface area contributed by atoms with Gasteiger partial charge in [0.05, 0.1) is 19.6 Å². The van der Waals surface area contributed by atoms with E-state index in [1.165, 1.54) is 23.1 Å². The third kappa shape index (κ3) is 10.4. The summed E-state index contributed by atoms with van der Waals surface area (Å²) in [4.78, 5) is 74.9. The lowest BCUT2D eigenvalue weighted by molar-refractivity contribution is -0.757. The minimum Gasteiger partial charge on any atom is -0.456 e. The van der Waals surface area contributed by atoms with Crippen LogP contribution in [0.2, 0.25) is 0 Å². The number of amides is 2. The van der Waals surface area contributed by atoms with Gasteiger partial charge < -0.3 is 20.2 Å². The molecule has 13 nitrogen and oxygen atoms in total. The number of rotatable bonds is 11. The Morgan fingerprint density at radius 2 is 2.14 bits per heavy atom. The van der Waals surface area contributed by atoms with Gasteiger partial charge in [-0.1, -0.05) is 31.7 Å². The van der Waals surface area contributed by atoms with E-state index in [9.17, 15) is 29.3 Å². The lowest BCUT2D eigenvalue weighted by Crippen LogP contribution is -2.53. The monoisotopic (exact) mass is 641 g/mol. The normalized spacial score (nSPS) is 23.3. The lowest BCUT2D eigenvalue weighted by Gasteiger charge is -2.27. The summed E-state index contributed by atoms with van der Waals surface area (Å²) >= 11 is 3.94. The minimum absolute atomic E-state index is 0.0355. The number of ether oxygens (including phenoxy) is 1. The standard InChI is InChI=1S/C26H35N5O8S3/c1-16(2)22-24(34)39-17(8-5-7-11-40-21(33)9-4-6-10-38-31(36)37)12-19(32)27-13-20-28-18(14-41-20)23-30-26(3,15-42-23)25(35)29-22/h5,8,14,16-17,22H,4,6-7,9-13,15H2,1-3H3,(H,27,32)(H,29,35)/b8-5+/t17-,22+,26+/m1/s1. The van der Waals surface area contributed by atoms with Gasteiger partial charge in [0.25, 0.3) is 5.09 Å². The summed E-state index contributed by atoms with van der Waals surface area (Å²) in [5.41, 5.74) is -0.418. The highest BCUT2D eigenvalue weighted by atomic mass is 32.2. The number of nitrogens with one attached hydrogen (secondary N) is 2. The number of nitrogens with zero attached hydrogens (tertiary/aromatic N) is 3. The first kappa shape index (κ1) is 33.5. The van der Waals surface area contributed by atoms with Crippen molar-refractivity contribution in [1.29, 1.82) is 0 Å². The lowest BCUT2D eigenvalue weighted by atomic mass is 10.0. The number of esters is 1. The first-order valence-corrected chi connectivity index (χ1v) is 16.4. The molecule has 2 N–H and O–H groups in total. The number of hydrogen-bond donors (Lipinski definition) is 2. The van der Waals surface area contributed by atoms with Crippen LogP contribution in [0, 0.1) is 16.0 Å². The molecule has 3 atom stereocenters. The zero-order valence-corrected chi connectivity index (χ0v) is 26.1. The van der Waals surface area contributed by atoms with Gasteiger partial charge in [-0.15, -0.1) is 33.2 Å². The van der Waals surface area contributed by atoms with Crippen molar-refractivity contribution in [1.82, 2.24) is 15.6 Å². The molecule has 16 heteroatoms. The van der Waals surface area contributed by atoms with E-state index in [4.69, 9.17) is 4.74 Å². The van der Waals surface area contributed by atoms with Crippen LogP contribution in [0.3, 0.4) is 0 Å². The van der Waals surface area contributed by atoms with Crippen LogP contribution < -0.4 is 10.6 Å². The van der Waals surface area contributed by atoms with Gasteiger partial charge in [0, 0.05) is 23.3 Å². The highest BCUT2D eigenvalue weighted by Crippen LogP contribution is 2.32. The molecule has 0 radical (unpaired) electrons. The van der Waals surface area contributed by atoms with Crippen LogP contribution in [0.1, 0.15) is 63.6 Å². The van der Waals surface area contributed by atoms with E-state index in [1.807, 2.05) is 5.38 Å². The summed E-state index contributed by atoms with van der Waals surface area (Å²) in [6, 6.07) is -0.944. The van der Waals surface area contributed by atoms with Crippen LogP contribution in [-0.4, -0.2) is 73.8 Å². The summed E-state index contributed by atoms with van der Waals surface area (Å²) in [5, 5.41) is 18.1. The first-order chi connectivity index (χ1) is 20.0. The van der Waals surface area contributed by atoms with Gasteiger partial charge in [0.1, 0.15) is 33.4 Å². The van der Waals surface area contributed by atoms with Crippen molar-refractivity contribution in [3.8, 4) is 0 Å². The molecule has 4 bridgehead atoms. The van der Waals surface area contributed by atoms with Gasteiger partial charge in [0.15, 0.2) is 5.12 Å². The molecule has 1 aromatic rings. The largest absolute Gasteiger partial charge is 0.456 e. The van der Waals surface area contributed by atoms with Gasteiger partial charge >= 0.3 is 5.97 Å². The molecule has 2 aliphatic heterocycles. The second kappa shape index (κ2) is 16.0. The van der Waals surface area contributed by atoms with Crippen molar-refractivity contribution < 1.29 is 33.8 Å². The maximum absolute atomic E-state index is 13.3. The van der Waals surface area contributed by atoms with E-state index in [0.29, 0.717) is 46.5 Å². The Bertz CT molecular complexity index is 1220. The molecule has 0 saturated heterocycles. The molecule has 3 rings (SSSR count). The molecule has 2 aliphatic rings. The van der Waals surface area contributed by atoms with E-state index in [0.717, 1.165) is 11.8 Å². The predicted molar refractivity (Wildman–Crippen MR) is 161 cm³/mol. The smallest absolute Gasteiger partial charge is 0.329 e. The van der Waals surface area contributed by atoms with Crippen LogP contribution in [0.15, 0.2) is 22.5 Å². The topological polar surface area (TPSA) is 179 Å². The molecule has 2 amide bonds. The number of carbonyl (C=O) groups is 4.